The molecule has 0 saturated heterocycles. The summed E-state index contributed by atoms with van der Waals surface area (Å²) in [5, 5.41) is 4.37. The van der Waals surface area contributed by atoms with E-state index in [0.717, 1.165) is 5.56 Å². The van der Waals surface area contributed by atoms with Crippen LogP contribution in [0, 0.1) is 12.7 Å². The van der Waals surface area contributed by atoms with E-state index in [0.29, 0.717) is 10.6 Å². The Labute approximate surface area is 133 Å². The SMILES string of the molecule is COC(=O)c1scc(C)c1NC(=O)c1cccc(F)c1Br. The number of halogens is 2. The number of esters is 1. The minimum Gasteiger partial charge on any atom is -0.465 e. The van der Waals surface area contributed by atoms with E-state index in [9.17, 15) is 14.0 Å². The van der Waals surface area contributed by atoms with Gasteiger partial charge in [-0.1, -0.05) is 6.07 Å². The average Bonchev–Trinajstić information content (AvgIpc) is 2.82. The molecule has 4 nitrogen and oxygen atoms in total. The van der Waals surface area contributed by atoms with Gasteiger partial charge in [0.25, 0.3) is 5.91 Å². The van der Waals surface area contributed by atoms with Gasteiger partial charge < -0.3 is 10.1 Å². The Hall–Kier alpha value is -1.73. The molecular weight excluding hydrogens is 361 g/mol. The van der Waals surface area contributed by atoms with E-state index < -0.39 is 17.7 Å². The normalized spacial score (nSPS) is 10.3. The van der Waals surface area contributed by atoms with Crippen molar-refractivity contribution in [3.8, 4) is 0 Å². The monoisotopic (exact) mass is 371 g/mol. The van der Waals surface area contributed by atoms with Gasteiger partial charge in [0, 0.05) is 0 Å². The smallest absolute Gasteiger partial charge is 0.350 e. The molecule has 2 rings (SSSR count). The highest BCUT2D eigenvalue weighted by Gasteiger charge is 2.20. The van der Waals surface area contributed by atoms with Crippen molar-refractivity contribution in [3.05, 3.63) is 49.9 Å². The van der Waals surface area contributed by atoms with Gasteiger partial charge in [0.1, 0.15) is 10.7 Å². The van der Waals surface area contributed by atoms with Crippen LogP contribution in [0.1, 0.15) is 25.6 Å². The number of ether oxygens (including phenoxy) is 1. The molecule has 0 aliphatic heterocycles. The zero-order chi connectivity index (χ0) is 15.6. The molecule has 1 aromatic heterocycles. The summed E-state index contributed by atoms with van der Waals surface area (Å²) in [6.07, 6.45) is 0. The van der Waals surface area contributed by atoms with Crippen molar-refractivity contribution >= 4 is 44.8 Å². The second-order valence-electron chi connectivity index (χ2n) is 4.17. The van der Waals surface area contributed by atoms with Crippen molar-refractivity contribution in [1.29, 1.82) is 0 Å². The largest absolute Gasteiger partial charge is 0.465 e. The van der Waals surface area contributed by atoms with Crippen LogP contribution in [0.5, 0.6) is 0 Å². The summed E-state index contributed by atoms with van der Waals surface area (Å²) in [5.41, 5.74) is 1.27. The fourth-order valence-electron chi connectivity index (χ4n) is 1.70. The molecule has 2 aromatic rings. The number of hydrogen-bond acceptors (Lipinski definition) is 4. The molecule has 0 bridgehead atoms. The number of carbonyl (C=O) groups is 2. The van der Waals surface area contributed by atoms with Crippen LogP contribution in [0.3, 0.4) is 0 Å². The lowest BCUT2D eigenvalue weighted by molar-refractivity contribution is 0.0607. The lowest BCUT2D eigenvalue weighted by atomic mass is 10.2. The first-order valence-corrected chi connectivity index (χ1v) is 7.54. The van der Waals surface area contributed by atoms with Gasteiger partial charge in [-0.2, -0.15) is 0 Å². The Morgan fingerprint density at radius 1 is 1.38 bits per heavy atom. The van der Waals surface area contributed by atoms with Crippen molar-refractivity contribution in [2.24, 2.45) is 0 Å². The van der Waals surface area contributed by atoms with E-state index in [4.69, 9.17) is 0 Å². The second kappa shape index (κ2) is 6.36. The topological polar surface area (TPSA) is 55.4 Å². The van der Waals surface area contributed by atoms with Crippen molar-refractivity contribution in [2.75, 3.05) is 12.4 Å². The molecule has 0 radical (unpaired) electrons. The minimum absolute atomic E-state index is 0.0787. The van der Waals surface area contributed by atoms with Crippen LogP contribution in [0.15, 0.2) is 28.1 Å². The molecule has 110 valence electrons. The molecule has 0 spiro atoms. The van der Waals surface area contributed by atoms with Gasteiger partial charge in [0.15, 0.2) is 0 Å². The number of benzene rings is 1. The van der Waals surface area contributed by atoms with Crippen LogP contribution >= 0.6 is 27.3 Å². The molecule has 0 unspecified atom stereocenters. The third kappa shape index (κ3) is 3.14. The first-order chi connectivity index (χ1) is 9.95. The first-order valence-electron chi connectivity index (χ1n) is 5.87. The van der Waals surface area contributed by atoms with Gasteiger partial charge in [-0.25, -0.2) is 9.18 Å². The fourth-order valence-corrected chi connectivity index (χ4v) is 3.07. The minimum atomic E-state index is -0.530. The maximum absolute atomic E-state index is 13.5. The summed E-state index contributed by atoms with van der Waals surface area (Å²) in [4.78, 5) is 24.2. The molecular formula is C14H11BrFNO3S. The van der Waals surface area contributed by atoms with Crippen molar-refractivity contribution in [3.63, 3.8) is 0 Å². The molecule has 0 aliphatic rings. The summed E-state index contributed by atoms with van der Waals surface area (Å²) in [6, 6.07) is 4.18. The Balaban J connectivity index is 2.34. The van der Waals surface area contributed by atoms with Crippen molar-refractivity contribution in [1.82, 2.24) is 0 Å². The number of methoxy groups -OCH3 is 1. The number of rotatable bonds is 3. The van der Waals surface area contributed by atoms with Gasteiger partial charge >= 0.3 is 5.97 Å². The number of nitrogens with one attached hydrogen (secondary N) is 1. The van der Waals surface area contributed by atoms with Crippen LogP contribution in [0.2, 0.25) is 0 Å². The maximum Gasteiger partial charge on any atom is 0.350 e. The van der Waals surface area contributed by atoms with Gasteiger partial charge in [-0.15, -0.1) is 11.3 Å². The van der Waals surface area contributed by atoms with E-state index in [1.54, 1.807) is 12.3 Å². The van der Waals surface area contributed by atoms with E-state index in [1.807, 2.05) is 0 Å². The number of carbonyl (C=O) groups excluding carboxylic acids is 2. The number of thiophene rings is 1. The Bertz CT molecular complexity index is 714. The Morgan fingerprint density at radius 3 is 2.76 bits per heavy atom. The third-order valence-electron chi connectivity index (χ3n) is 2.78. The number of anilines is 1. The highest BCUT2D eigenvalue weighted by molar-refractivity contribution is 9.10. The number of hydrogen-bond donors (Lipinski definition) is 1. The highest BCUT2D eigenvalue weighted by atomic mass is 79.9. The van der Waals surface area contributed by atoms with Crippen LogP contribution in [-0.2, 0) is 4.74 Å². The van der Waals surface area contributed by atoms with E-state index in [2.05, 4.69) is 26.0 Å². The van der Waals surface area contributed by atoms with Crippen LogP contribution in [0.4, 0.5) is 10.1 Å². The predicted molar refractivity (Wildman–Crippen MR) is 82.4 cm³/mol. The lowest BCUT2D eigenvalue weighted by Crippen LogP contribution is -2.15. The van der Waals surface area contributed by atoms with Gasteiger partial charge in [0.2, 0.25) is 0 Å². The van der Waals surface area contributed by atoms with Gasteiger partial charge in [0.05, 0.1) is 22.8 Å². The van der Waals surface area contributed by atoms with Gasteiger partial charge in [-0.3, -0.25) is 4.79 Å². The van der Waals surface area contributed by atoms with E-state index >= 15 is 0 Å². The molecule has 7 heteroatoms. The molecule has 0 fully saturated rings. The van der Waals surface area contributed by atoms with E-state index in [-0.39, 0.29) is 10.0 Å². The molecule has 21 heavy (non-hydrogen) atoms. The molecule has 1 amide bonds. The summed E-state index contributed by atoms with van der Waals surface area (Å²) in [5.74, 6) is -1.56. The Morgan fingerprint density at radius 2 is 2.10 bits per heavy atom. The summed E-state index contributed by atoms with van der Waals surface area (Å²) < 4.78 is 18.2. The fraction of sp³-hybridized carbons (Fsp3) is 0.143. The summed E-state index contributed by atoms with van der Waals surface area (Å²) in [7, 11) is 1.27. The molecule has 1 heterocycles. The zero-order valence-electron chi connectivity index (χ0n) is 11.2. The predicted octanol–water partition coefficient (Wildman–Crippen LogP) is 4.00. The third-order valence-corrected chi connectivity index (χ3v) is 4.66. The van der Waals surface area contributed by atoms with Gasteiger partial charge in [-0.05, 0) is 45.9 Å². The molecule has 0 aliphatic carbocycles. The van der Waals surface area contributed by atoms with Crippen LogP contribution in [0.25, 0.3) is 0 Å². The quantitative estimate of drug-likeness (QED) is 0.829. The molecule has 0 atom stereocenters. The van der Waals surface area contributed by atoms with E-state index in [1.165, 1.54) is 36.6 Å². The summed E-state index contributed by atoms with van der Waals surface area (Å²) in [6.45, 7) is 1.76. The number of aryl methyl sites for hydroxylation is 1. The molecule has 1 N–H and O–H groups in total. The zero-order valence-corrected chi connectivity index (χ0v) is 13.6. The van der Waals surface area contributed by atoms with Crippen LogP contribution < -0.4 is 5.32 Å². The summed E-state index contributed by atoms with van der Waals surface area (Å²) >= 11 is 4.22. The van der Waals surface area contributed by atoms with Crippen molar-refractivity contribution < 1.29 is 18.7 Å². The second-order valence-corrected chi connectivity index (χ2v) is 5.84. The highest BCUT2D eigenvalue weighted by Crippen LogP contribution is 2.29. The number of amides is 1. The van der Waals surface area contributed by atoms with Crippen molar-refractivity contribution in [2.45, 2.75) is 6.92 Å². The standard InChI is InChI=1S/C14H11BrFNO3S/c1-7-6-21-12(14(19)20-2)11(7)17-13(18)8-4-3-5-9(16)10(8)15/h3-6H,1-2H3,(H,17,18). The molecule has 1 aromatic carbocycles. The van der Waals surface area contributed by atoms with Crippen LogP contribution in [-0.4, -0.2) is 19.0 Å². The molecule has 0 saturated carbocycles. The lowest BCUT2D eigenvalue weighted by Gasteiger charge is -2.09. The first kappa shape index (κ1) is 15.7. The average molecular weight is 372 g/mol. The Kier molecular flexibility index (Phi) is 4.74. The maximum atomic E-state index is 13.5.